The molecule has 1 saturated heterocycles. The van der Waals surface area contributed by atoms with Crippen molar-refractivity contribution in [2.24, 2.45) is 0 Å². The van der Waals surface area contributed by atoms with E-state index < -0.39 is 0 Å². The quantitative estimate of drug-likeness (QED) is 0.859. The zero-order valence-corrected chi connectivity index (χ0v) is 11.3. The monoisotopic (exact) mass is 232 g/mol. The van der Waals surface area contributed by atoms with Crippen molar-refractivity contribution in [3.8, 4) is 0 Å². The molecule has 2 rings (SSSR count). The van der Waals surface area contributed by atoms with Crippen molar-refractivity contribution in [2.75, 3.05) is 26.2 Å². The Labute approximate surface area is 105 Å². The van der Waals surface area contributed by atoms with Crippen LogP contribution in [0.1, 0.15) is 25.0 Å². The number of nitrogens with zero attached hydrogens (tertiary/aromatic N) is 1. The van der Waals surface area contributed by atoms with Gasteiger partial charge in [0.25, 0.3) is 0 Å². The number of aryl methyl sites for hydroxylation is 1. The fourth-order valence-corrected chi connectivity index (χ4v) is 2.61. The summed E-state index contributed by atoms with van der Waals surface area (Å²) >= 11 is 0. The highest BCUT2D eigenvalue weighted by atomic mass is 15.2. The molecule has 1 aromatic rings. The molecule has 0 saturated carbocycles. The van der Waals surface area contributed by atoms with Gasteiger partial charge >= 0.3 is 0 Å². The summed E-state index contributed by atoms with van der Waals surface area (Å²) in [6.45, 7) is 11.4. The minimum absolute atomic E-state index is 0.268. The second-order valence-corrected chi connectivity index (χ2v) is 5.76. The third-order valence-electron chi connectivity index (χ3n) is 3.61. The van der Waals surface area contributed by atoms with Crippen LogP contribution >= 0.6 is 0 Å². The molecule has 0 amide bonds. The average molecular weight is 232 g/mol. The smallest absolute Gasteiger partial charge is 0.0252 e. The Morgan fingerprint density at radius 1 is 1.29 bits per heavy atom. The molecule has 0 unspecified atom stereocenters. The van der Waals surface area contributed by atoms with Gasteiger partial charge in [-0.2, -0.15) is 0 Å². The first-order valence-electron chi connectivity index (χ1n) is 6.59. The number of piperazine rings is 1. The minimum Gasteiger partial charge on any atom is -0.309 e. The highest BCUT2D eigenvalue weighted by Gasteiger charge is 2.25. The molecule has 17 heavy (non-hydrogen) atoms. The molecular weight excluding hydrogens is 208 g/mol. The molecule has 1 aliphatic heterocycles. The van der Waals surface area contributed by atoms with Crippen LogP contribution in [0.5, 0.6) is 0 Å². The molecule has 94 valence electrons. The normalized spacial score (nSPS) is 20.4. The van der Waals surface area contributed by atoms with E-state index in [0.717, 1.165) is 13.1 Å². The third-order valence-corrected chi connectivity index (χ3v) is 3.61. The first-order valence-corrected chi connectivity index (χ1v) is 6.59. The lowest BCUT2D eigenvalue weighted by Crippen LogP contribution is -2.57. The van der Waals surface area contributed by atoms with Gasteiger partial charge in [0.2, 0.25) is 0 Å². The van der Waals surface area contributed by atoms with Gasteiger partial charge in [-0.1, -0.05) is 24.3 Å². The summed E-state index contributed by atoms with van der Waals surface area (Å²) in [5.41, 5.74) is 3.18. The van der Waals surface area contributed by atoms with E-state index in [1.54, 1.807) is 0 Å². The van der Waals surface area contributed by atoms with Crippen LogP contribution in [0, 0.1) is 6.92 Å². The summed E-state index contributed by atoms with van der Waals surface area (Å²) in [6, 6.07) is 8.72. The first kappa shape index (κ1) is 12.6. The zero-order valence-electron chi connectivity index (χ0n) is 11.3. The largest absolute Gasteiger partial charge is 0.309 e. The van der Waals surface area contributed by atoms with Crippen LogP contribution < -0.4 is 5.32 Å². The summed E-state index contributed by atoms with van der Waals surface area (Å²) in [4.78, 5) is 2.57. The predicted octanol–water partition coefficient (Wildman–Crippen LogP) is 2.22. The summed E-state index contributed by atoms with van der Waals surface area (Å²) in [6.07, 6.45) is 1.17. The van der Waals surface area contributed by atoms with E-state index in [1.807, 2.05) is 0 Å². The number of hydrogen-bond acceptors (Lipinski definition) is 2. The molecule has 1 aromatic carbocycles. The summed E-state index contributed by atoms with van der Waals surface area (Å²) < 4.78 is 0. The summed E-state index contributed by atoms with van der Waals surface area (Å²) in [5.74, 6) is 0. The van der Waals surface area contributed by atoms with Gasteiger partial charge in [0.05, 0.1) is 0 Å². The van der Waals surface area contributed by atoms with E-state index in [-0.39, 0.29) is 5.54 Å². The van der Waals surface area contributed by atoms with Crippen molar-refractivity contribution in [2.45, 2.75) is 32.7 Å². The number of nitrogens with one attached hydrogen (secondary N) is 1. The van der Waals surface area contributed by atoms with Crippen LogP contribution in [-0.4, -0.2) is 36.6 Å². The zero-order chi connectivity index (χ0) is 12.3. The second kappa shape index (κ2) is 5.19. The lowest BCUT2D eigenvalue weighted by molar-refractivity contribution is 0.156. The Morgan fingerprint density at radius 3 is 2.76 bits per heavy atom. The van der Waals surface area contributed by atoms with E-state index in [1.165, 1.54) is 30.6 Å². The van der Waals surface area contributed by atoms with E-state index in [9.17, 15) is 0 Å². The fraction of sp³-hybridized carbons (Fsp3) is 0.600. The van der Waals surface area contributed by atoms with Crippen molar-refractivity contribution in [3.63, 3.8) is 0 Å². The highest BCUT2D eigenvalue weighted by Crippen LogP contribution is 2.12. The fourth-order valence-electron chi connectivity index (χ4n) is 2.61. The third kappa shape index (κ3) is 3.55. The van der Waals surface area contributed by atoms with E-state index in [0.29, 0.717) is 0 Å². The molecule has 0 atom stereocenters. The molecule has 1 aliphatic rings. The van der Waals surface area contributed by atoms with Gasteiger partial charge in [-0.25, -0.2) is 0 Å². The molecule has 1 N–H and O–H groups in total. The molecule has 0 aromatic heterocycles. The molecule has 2 heteroatoms. The van der Waals surface area contributed by atoms with Crippen molar-refractivity contribution >= 4 is 0 Å². The Balaban J connectivity index is 1.88. The maximum Gasteiger partial charge on any atom is 0.0252 e. The van der Waals surface area contributed by atoms with Crippen molar-refractivity contribution in [1.82, 2.24) is 10.2 Å². The van der Waals surface area contributed by atoms with Crippen LogP contribution in [0.2, 0.25) is 0 Å². The SMILES string of the molecule is Cc1ccccc1CCN1CCNC(C)(C)C1. The molecule has 0 aliphatic carbocycles. The maximum absolute atomic E-state index is 3.56. The Bertz CT molecular complexity index is 371. The Hall–Kier alpha value is -0.860. The second-order valence-electron chi connectivity index (χ2n) is 5.76. The number of benzene rings is 1. The molecule has 0 spiro atoms. The number of hydrogen-bond donors (Lipinski definition) is 1. The summed E-state index contributed by atoms with van der Waals surface area (Å²) in [5, 5.41) is 3.56. The lowest BCUT2D eigenvalue weighted by Gasteiger charge is -2.39. The number of rotatable bonds is 3. The van der Waals surface area contributed by atoms with Crippen molar-refractivity contribution in [1.29, 1.82) is 0 Å². The van der Waals surface area contributed by atoms with Crippen molar-refractivity contribution in [3.05, 3.63) is 35.4 Å². The molecule has 1 fully saturated rings. The van der Waals surface area contributed by atoms with Gasteiger partial charge in [-0.05, 0) is 38.3 Å². The molecule has 2 nitrogen and oxygen atoms in total. The van der Waals surface area contributed by atoms with E-state index in [4.69, 9.17) is 0 Å². The van der Waals surface area contributed by atoms with E-state index in [2.05, 4.69) is 55.3 Å². The predicted molar refractivity (Wildman–Crippen MR) is 73.4 cm³/mol. The van der Waals surface area contributed by atoms with Crippen LogP contribution in [0.3, 0.4) is 0 Å². The van der Waals surface area contributed by atoms with Crippen LogP contribution in [0.15, 0.2) is 24.3 Å². The van der Waals surface area contributed by atoms with Crippen LogP contribution in [0.4, 0.5) is 0 Å². The standard InChI is InChI=1S/C15H24N2/c1-13-6-4-5-7-14(13)8-10-17-11-9-16-15(2,3)12-17/h4-7,16H,8-12H2,1-3H3. The van der Waals surface area contributed by atoms with Gasteiger partial charge < -0.3 is 5.32 Å². The van der Waals surface area contributed by atoms with Crippen LogP contribution in [-0.2, 0) is 6.42 Å². The van der Waals surface area contributed by atoms with E-state index >= 15 is 0 Å². The minimum atomic E-state index is 0.268. The molecule has 0 bridgehead atoms. The highest BCUT2D eigenvalue weighted by molar-refractivity contribution is 5.25. The van der Waals surface area contributed by atoms with Gasteiger partial charge in [-0.3, -0.25) is 4.90 Å². The topological polar surface area (TPSA) is 15.3 Å². The average Bonchev–Trinajstić information content (AvgIpc) is 2.27. The van der Waals surface area contributed by atoms with Gasteiger partial charge in [0.15, 0.2) is 0 Å². The molecule has 1 heterocycles. The van der Waals surface area contributed by atoms with Gasteiger partial charge in [0.1, 0.15) is 0 Å². The maximum atomic E-state index is 3.56. The Morgan fingerprint density at radius 2 is 2.06 bits per heavy atom. The Kier molecular flexibility index (Phi) is 3.85. The first-order chi connectivity index (χ1) is 8.07. The van der Waals surface area contributed by atoms with Crippen LogP contribution in [0.25, 0.3) is 0 Å². The molecule has 0 radical (unpaired) electrons. The van der Waals surface area contributed by atoms with Crippen molar-refractivity contribution < 1.29 is 0 Å². The summed E-state index contributed by atoms with van der Waals surface area (Å²) in [7, 11) is 0. The lowest BCUT2D eigenvalue weighted by atomic mass is 10.0. The van der Waals surface area contributed by atoms with Gasteiger partial charge in [-0.15, -0.1) is 0 Å². The molecular formula is C15H24N2. The van der Waals surface area contributed by atoms with Gasteiger partial charge in [0, 0.05) is 31.7 Å².